The van der Waals surface area contributed by atoms with Crippen LogP contribution in [0.3, 0.4) is 0 Å². The number of thiophene rings is 1. The lowest BCUT2D eigenvalue weighted by atomic mass is 10.1. The van der Waals surface area contributed by atoms with Gasteiger partial charge in [0.25, 0.3) is 15.9 Å². The number of amides is 2. The van der Waals surface area contributed by atoms with Gasteiger partial charge >= 0.3 is 0 Å². The molecule has 0 saturated carbocycles. The lowest BCUT2D eigenvalue weighted by Gasteiger charge is -2.17. The summed E-state index contributed by atoms with van der Waals surface area (Å²) >= 11 is 1.40. The zero-order valence-electron chi connectivity index (χ0n) is 16.1. The van der Waals surface area contributed by atoms with Gasteiger partial charge in [-0.25, -0.2) is 8.42 Å². The summed E-state index contributed by atoms with van der Waals surface area (Å²) < 4.78 is 28.0. The van der Waals surface area contributed by atoms with E-state index >= 15 is 0 Å². The van der Waals surface area contributed by atoms with Crippen molar-refractivity contribution in [1.82, 2.24) is 0 Å². The molecule has 0 atom stereocenters. The van der Waals surface area contributed by atoms with Crippen LogP contribution in [-0.2, 0) is 21.2 Å². The highest BCUT2D eigenvalue weighted by molar-refractivity contribution is 7.92. The molecule has 1 aliphatic heterocycles. The second-order valence-electron chi connectivity index (χ2n) is 6.84. The topological polar surface area (TPSA) is 95.6 Å². The molecule has 154 valence electrons. The fraction of sp³-hybridized carbons (Fsp3) is 0.143. The zero-order chi connectivity index (χ0) is 21.3. The van der Waals surface area contributed by atoms with Crippen molar-refractivity contribution in [3.05, 3.63) is 70.4 Å². The summed E-state index contributed by atoms with van der Waals surface area (Å²) in [6.45, 7) is 1.95. The third kappa shape index (κ3) is 4.07. The standard InChI is InChI=1S/C21H19N3O4S2/c1-14(25)22-16-4-7-18(8-5-16)30(27,28)23-17-6-9-19-15(13-17)10-11-24(19)21(26)20-3-2-12-29-20/h2-9,12-13,23H,10-11H2,1H3,(H,22,25). The summed E-state index contributed by atoms with van der Waals surface area (Å²) in [5, 5.41) is 4.46. The largest absolute Gasteiger partial charge is 0.326 e. The number of carbonyl (C=O) groups excluding carboxylic acids is 2. The Bertz CT molecular complexity index is 1200. The van der Waals surface area contributed by atoms with Crippen LogP contribution in [0.4, 0.5) is 17.1 Å². The Labute approximate surface area is 178 Å². The molecule has 0 radical (unpaired) electrons. The quantitative estimate of drug-likeness (QED) is 0.631. The molecule has 1 aromatic heterocycles. The van der Waals surface area contributed by atoms with Gasteiger partial charge in [-0.3, -0.25) is 14.3 Å². The predicted molar refractivity (Wildman–Crippen MR) is 118 cm³/mol. The third-order valence-corrected chi connectivity index (χ3v) is 6.94. The molecule has 2 aromatic carbocycles. The van der Waals surface area contributed by atoms with E-state index in [2.05, 4.69) is 10.0 Å². The molecule has 0 aliphatic carbocycles. The number of carbonyl (C=O) groups is 2. The third-order valence-electron chi connectivity index (χ3n) is 4.69. The molecule has 2 heterocycles. The van der Waals surface area contributed by atoms with E-state index in [4.69, 9.17) is 0 Å². The second-order valence-corrected chi connectivity index (χ2v) is 9.47. The van der Waals surface area contributed by atoms with Crippen LogP contribution in [0.1, 0.15) is 22.2 Å². The van der Waals surface area contributed by atoms with Crippen LogP contribution in [0.2, 0.25) is 0 Å². The van der Waals surface area contributed by atoms with Gasteiger partial charge in [-0.1, -0.05) is 6.07 Å². The number of sulfonamides is 1. The van der Waals surface area contributed by atoms with Crippen molar-refractivity contribution in [2.45, 2.75) is 18.2 Å². The monoisotopic (exact) mass is 441 g/mol. The van der Waals surface area contributed by atoms with Gasteiger partial charge in [0, 0.05) is 30.5 Å². The molecule has 3 aromatic rings. The number of nitrogens with one attached hydrogen (secondary N) is 2. The van der Waals surface area contributed by atoms with Crippen LogP contribution >= 0.6 is 11.3 Å². The van der Waals surface area contributed by atoms with Gasteiger partial charge in [-0.15, -0.1) is 11.3 Å². The minimum Gasteiger partial charge on any atom is -0.326 e. The summed E-state index contributed by atoms with van der Waals surface area (Å²) in [7, 11) is -3.78. The highest BCUT2D eigenvalue weighted by Gasteiger charge is 2.26. The van der Waals surface area contributed by atoms with Crippen LogP contribution in [-0.4, -0.2) is 26.8 Å². The van der Waals surface area contributed by atoms with Gasteiger partial charge in [-0.05, 0) is 65.9 Å². The van der Waals surface area contributed by atoms with Crippen molar-refractivity contribution in [3.8, 4) is 0 Å². The Kier molecular flexibility index (Phi) is 5.31. The number of nitrogens with zero attached hydrogens (tertiary/aromatic N) is 1. The van der Waals surface area contributed by atoms with Gasteiger partial charge in [0.2, 0.25) is 5.91 Å². The van der Waals surface area contributed by atoms with E-state index in [1.54, 1.807) is 29.2 Å². The minimum absolute atomic E-state index is 0.0451. The first-order valence-corrected chi connectivity index (χ1v) is 11.6. The van der Waals surface area contributed by atoms with Gasteiger partial charge in [0.1, 0.15) is 0 Å². The highest BCUT2D eigenvalue weighted by atomic mass is 32.2. The summed E-state index contributed by atoms with van der Waals surface area (Å²) in [5.74, 6) is -0.273. The van der Waals surface area contributed by atoms with Crippen LogP contribution in [0, 0.1) is 0 Å². The molecule has 0 spiro atoms. The number of benzene rings is 2. The molecule has 0 unspecified atom stereocenters. The van der Waals surface area contributed by atoms with Crippen molar-refractivity contribution in [2.24, 2.45) is 0 Å². The van der Waals surface area contributed by atoms with Gasteiger partial charge in [-0.2, -0.15) is 0 Å². The van der Waals surface area contributed by atoms with Crippen LogP contribution in [0.15, 0.2) is 64.9 Å². The summed E-state index contributed by atoms with van der Waals surface area (Å²) in [5.41, 5.74) is 2.68. The smallest absolute Gasteiger partial charge is 0.268 e. The minimum atomic E-state index is -3.78. The molecule has 0 fully saturated rings. The molecule has 7 nitrogen and oxygen atoms in total. The molecule has 30 heavy (non-hydrogen) atoms. The molecule has 1 aliphatic rings. The Morgan fingerprint density at radius 2 is 1.77 bits per heavy atom. The first-order chi connectivity index (χ1) is 14.3. The van der Waals surface area contributed by atoms with E-state index < -0.39 is 10.0 Å². The van der Waals surface area contributed by atoms with E-state index in [1.807, 2.05) is 11.4 Å². The average Bonchev–Trinajstić information content (AvgIpc) is 3.37. The van der Waals surface area contributed by atoms with Crippen molar-refractivity contribution in [1.29, 1.82) is 0 Å². The highest BCUT2D eigenvalue weighted by Crippen LogP contribution is 2.33. The molecular formula is C21H19N3O4S2. The SMILES string of the molecule is CC(=O)Nc1ccc(S(=O)(=O)Nc2ccc3c(c2)CCN3C(=O)c2cccs2)cc1. The van der Waals surface area contributed by atoms with Gasteiger partial charge in [0.15, 0.2) is 0 Å². The summed E-state index contributed by atoms with van der Waals surface area (Å²) in [4.78, 5) is 26.2. The van der Waals surface area contributed by atoms with E-state index in [0.29, 0.717) is 29.2 Å². The van der Waals surface area contributed by atoms with Crippen LogP contribution < -0.4 is 14.9 Å². The number of hydrogen-bond acceptors (Lipinski definition) is 5. The lowest BCUT2D eigenvalue weighted by Crippen LogP contribution is -2.28. The van der Waals surface area contributed by atoms with E-state index in [0.717, 1.165) is 11.3 Å². The van der Waals surface area contributed by atoms with Crippen LogP contribution in [0.5, 0.6) is 0 Å². The average molecular weight is 442 g/mol. The number of anilines is 3. The summed E-state index contributed by atoms with van der Waals surface area (Å²) in [6, 6.07) is 14.8. The number of rotatable bonds is 5. The second kappa shape index (κ2) is 7.92. The van der Waals surface area contributed by atoms with Crippen LogP contribution in [0.25, 0.3) is 0 Å². The fourth-order valence-corrected chi connectivity index (χ4v) is 5.07. The number of fused-ring (bicyclic) bond motifs is 1. The fourth-order valence-electron chi connectivity index (χ4n) is 3.34. The molecule has 2 N–H and O–H groups in total. The lowest BCUT2D eigenvalue weighted by molar-refractivity contribution is -0.114. The maximum Gasteiger partial charge on any atom is 0.268 e. The molecule has 4 rings (SSSR count). The molecule has 2 amide bonds. The number of hydrogen-bond donors (Lipinski definition) is 2. The first-order valence-electron chi connectivity index (χ1n) is 9.22. The van der Waals surface area contributed by atoms with E-state index in [9.17, 15) is 18.0 Å². The molecular weight excluding hydrogens is 422 g/mol. The Hall–Kier alpha value is -3.17. The maximum absolute atomic E-state index is 12.7. The Morgan fingerprint density at radius 1 is 1.03 bits per heavy atom. The maximum atomic E-state index is 12.7. The Balaban J connectivity index is 1.52. The first kappa shape index (κ1) is 20.1. The molecule has 0 bridgehead atoms. The zero-order valence-corrected chi connectivity index (χ0v) is 17.7. The van der Waals surface area contributed by atoms with Gasteiger partial charge in [0.05, 0.1) is 9.77 Å². The van der Waals surface area contributed by atoms with E-state index in [-0.39, 0.29) is 16.7 Å². The van der Waals surface area contributed by atoms with Crippen molar-refractivity contribution < 1.29 is 18.0 Å². The predicted octanol–water partition coefficient (Wildman–Crippen LogP) is 3.71. The molecule has 0 saturated heterocycles. The van der Waals surface area contributed by atoms with Crippen molar-refractivity contribution >= 4 is 50.2 Å². The summed E-state index contributed by atoms with van der Waals surface area (Å²) in [6.07, 6.45) is 0.660. The van der Waals surface area contributed by atoms with Crippen molar-refractivity contribution in [2.75, 3.05) is 21.5 Å². The van der Waals surface area contributed by atoms with Gasteiger partial charge < -0.3 is 10.2 Å². The van der Waals surface area contributed by atoms with E-state index in [1.165, 1.54) is 42.5 Å². The Morgan fingerprint density at radius 3 is 2.43 bits per heavy atom. The molecule has 9 heteroatoms. The van der Waals surface area contributed by atoms with Crippen molar-refractivity contribution in [3.63, 3.8) is 0 Å². The normalized spacial score (nSPS) is 13.0.